The van der Waals surface area contributed by atoms with E-state index in [1.165, 1.54) is 24.3 Å². The van der Waals surface area contributed by atoms with E-state index in [1.807, 2.05) is 24.3 Å². The molecule has 0 radical (unpaired) electrons. The molecule has 166 valence electrons. The number of halogens is 2. The van der Waals surface area contributed by atoms with Crippen LogP contribution in [0.15, 0.2) is 94.8 Å². The van der Waals surface area contributed by atoms with Crippen molar-refractivity contribution in [1.82, 2.24) is 0 Å². The van der Waals surface area contributed by atoms with Gasteiger partial charge in [0.15, 0.2) is 0 Å². The third kappa shape index (κ3) is 4.17. The Balaban J connectivity index is 1.35. The molecule has 33 heavy (non-hydrogen) atoms. The molecule has 4 aromatic rings. The maximum atomic E-state index is 14.0. The molecule has 0 N–H and O–H groups in total. The van der Waals surface area contributed by atoms with Crippen molar-refractivity contribution in [1.29, 1.82) is 0 Å². The monoisotopic (exact) mass is 465 g/mol. The smallest absolute Gasteiger partial charge is 0.339 e. The van der Waals surface area contributed by atoms with Crippen LogP contribution in [0.3, 0.4) is 0 Å². The summed E-state index contributed by atoms with van der Waals surface area (Å²) in [5.74, 6) is -1.47. The number of hydrogen-bond acceptors (Lipinski definition) is 5. The molecule has 0 saturated carbocycles. The van der Waals surface area contributed by atoms with E-state index in [0.29, 0.717) is 5.56 Å². The minimum absolute atomic E-state index is 0.0515. The molecule has 0 amide bonds. The molecule has 5 nitrogen and oxygen atoms in total. The van der Waals surface area contributed by atoms with Gasteiger partial charge in [-0.1, -0.05) is 48.5 Å². The van der Waals surface area contributed by atoms with Gasteiger partial charge in [-0.05, 0) is 52.7 Å². The van der Waals surface area contributed by atoms with Crippen LogP contribution in [-0.2, 0) is 14.9 Å². The average Bonchev–Trinajstić information content (AvgIpc) is 3.28. The fourth-order valence-electron chi connectivity index (χ4n) is 3.63. The molecule has 1 heterocycles. The Hall–Kier alpha value is -3.78. The van der Waals surface area contributed by atoms with Gasteiger partial charge in [0, 0.05) is 0 Å². The number of aliphatic imine (C=N–C) groups is 1. The summed E-state index contributed by atoms with van der Waals surface area (Å²) in [5.41, 5.74) is 0.388. The molecule has 0 spiro atoms. The molecule has 1 aliphatic rings. The molecule has 0 aromatic heterocycles. The van der Waals surface area contributed by atoms with Crippen LogP contribution < -0.4 is 4.18 Å². The molecule has 8 heteroatoms. The van der Waals surface area contributed by atoms with Gasteiger partial charge in [-0.3, -0.25) is 0 Å². The number of nitrogens with zero attached hydrogens (tertiary/aromatic N) is 1. The number of fused-ring (bicyclic) bond motifs is 1. The Morgan fingerprint density at radius 1 is 0.848 bits per heavy atom. The normalized spacial score (nSPS) is 15.8. The van der Waals surface area contributed by atoms with Crippen molar-refractivity contribution < 1.29 is 26.1 Å². The summed E-state index contributed by atoms with van der Waals surface area (Å²) in [4.78, 5) is 4.34. The van der Waals surface area contributed by atoms with E-state index in [2.05, 4.69) is 4.99 Å². The average molecular weight is 465 g/mol. The topological polar surface area (TPSA) is 65.0 Å². The molecule has 0 aliphatic carbocycles. The highest BCUT2D eigenvalue weighted by molar-refractivity contribution is 7.87. The van der Waals surface area contributed by atoms with Crippen LogP contribution in [0.1, 0.15) is 17.2 Å². The zero-order valence-corrected chi connectivity index (χ0v) is 17.9. The lowest BCUT2D eigenvalue weighted by molar-refractivity contribution is 0.317. The second kappa shape index (κ2) is 8.29. The fraction of sp³-hybridized carbons (Fsp3) is 0.0800. The van der Waals surface area contributed by atoms with Gasteiger partial charge in [-0.15, -0.1) is 0 Å². The molecule has 0 saturated heterocycles. The molecular weight excluding hydrogens is 448 g/mol. The predicted octanol–water partition coefficient (Wildman–Crippen LogP) is 5.40. The van der Waals surface area contributed by atoms with Crippen LogP contribution in [0.4, 0.5) is 8.78 Å². The first-order chi connectivity index (χ1) is 15.9. The summed E-state index contributed by atoms with van der Waals surface area (Å²) in [6, 6.07) is 21.6. The van der Waals surface area contributed by atoms with Crippen molar-refractivity contribution in [2.24, 2.45) is 4.99 Å². The van der Waals surface area contributed by atoms with Gasteiger partial charge < -0.3 is 8.92 Å². The first-order valence-corrected chi connectivity index (χ1v) is 11.5. The molecule has 1 atom stereocenters. The van der Waals surface area contributed by atoms with Crippen molar-refractivity contribution >= 4 is 26.8 Å². The first-order valence-electron chi connectivity index (χ1n) is 10.1. The van der Waals surface area contributed by atoms with Crippen molar-refractivity contribution in [3.8, 4) is 5.75 Å². The quantitative estimate of drug-likeness (QED) is 0.370. The number of rotatable bonds is 5. The Morgan fingerprint density at radius 2 is 1.55 bits per heavy atom. The highest BCUT2D eigenvalue weighted by atomic mass is 32.2. The van der Waals surface area contributed by atoms with Crippen LogP contribution in [0.5, 0.6) is 5.75 Å². The second-order valence-corrected chi connectivity index (χ2v) is 9.02. The van der Waals surface area contributed by atoms with Crippen LogP contribution in [-0.4, -0.2) is 20.9 Å². The second-order valence-electron chi connectivity index (χ2n) is 7.47. The van der Waals surface area contributed by atoms with Crippen molar-refractivity contribution in [2.45, 2.75) is 10.9 Å². The summed E-state index contributed by atoms with van der Waals surface area (Å²) >= 11 is 0. The summed E-state index contributed by atoms with van der Waals surface area (Å²) in [7, 11) is -4.03. The molecule has 5 rings (SSSR count). The van der Waals surface area contributed by atoms with Gasteiger partial charge in [-0.25, -0.2) is 13.8 Å². The molecule has 0 fully saturated rings. The molecule has 4 aromatic carbocycles. The molecular formula is C25H17F2NO4S. The van der Waals surface area contributed by atoms with E-state index in [9.17, 15) is 17.2 Å². The lowest BCUT2D eigenvalue weighted by atomic mass is 10.1. The minimum atomic E-state index is -4.03. The SMILES string of the molecule is O=S(=O)(Oc1ccc(C2COC(c3c(F)cccc3F)=N2)cc1)c1ccc2ccccc2c1. The highest BCUT2D eigenvalue weighted by Crippen LogP contribution is 2.29. The summed E-state index contributed by atoms with van der Waals surface area (Å²) in [5, 5.41) is 1.72. The fourth-order valence-corrected chi connectivity index (χ4v) is 4.59. The molecule has 1 unspecified atom stereocenters. The van der Waals surface area contributed by atoms with Gasteiger partial charge >= 0.3 is 10.1 Å². The highest BCUT2D eigenvalue weighted by Gasteiger charge is 2.26. The lowest BCUT2D eigenvalue weighted by Crippen LogP contribution is -2.09. The summed E-state index contributed by atoms with van der Waals surface area (Å²) in [6.07, 6.45) is 0. The van der Waals surface area contributed by atoms with Gasteiger partial charge in [0.2, 0.25) is 5.90 Å². The van der Waals surface area contributed by atoms with Crippen molar-refractivity contribution in [2.75, 3.05) is 6.61 Å². The van der Waals surface area contributed by atoms with Gasteiger partial charge in [0.25, 0.3) is 0 Å². The number of benzene rings is 4. The van der Waals surface area contributed by atoms with Crippen LogP contribution in [0.25, 0.3) is 10.8 Å². The predicted molar refractivity (Wildman–Crippen MR) is 120 cm³/mol. The zero-order valence-electron chi connectivity index (χ0n) is 17.1. The Bertz CT molecular complexity index is 1460. The number of ether oxygens (including phenoxy) is 1. The van der Waals surface area contributed by atoms with Gasteiger partial charge in [0.1, 0.15) is 40.5 Å². The molecule has 1 aliphatic heterocycles. The maximum Gasteiger partial charge on any atom is 0.339 e. The summed E-state index contributed by atoms with van der Waals surface area (Å²) in [6.45, 7) is 0.110. The largest absolute Gasteiger partial charge is 0.475 e. The maximum absolute atomic E-state index is 14.0. The van der Waals surface area contributed by atoms with E-state index < -0.39 is 27.8 Å². The van der Waals surface area contributed by atoms with Gasteiger partial charge in [0.05, 0.1) is 0 Å². The van der Waals surface area contributed by atoms with E-state index in [-0.39, 0.29) is 28.7 Å². The third-order valence-corrected chi connectivity index (χ3v) is 6.55. The lowest BCUT2D eigenvalue weighted by Gasteiger charge is -2.10. The summed E-state index contributed by atoms with van der Waals surface area (Å²) < 4.78 is 64.1. The van der Waals surface area contributed by atoms with Crippen LogP contribution in [0.2, 0.25) is 0 Å². The standard InChI is InChI=1S/C25H17F2NO4S/c26-21-6-3-7-22(27)24(21)25-28-23(15-31-25)17-8-11-19(12-9-17)32-33(29,30)20-13-10-16-4-1-2-5-18(16)14-20/h1-14,23H,15H2. The van der Waals surface area contributed by atoms with E-state index in [1.54, 1.807) is 24.3 Å². The van der Waals surface area contributed by atoms with Crippen molar-refractivity contribution in [3.05, 3.63) is 108 Å². The third-order valence-electron chi connectivity index (χ3n) is 5.31. The first kappa shape index (κ1) is 21.1. The van der Waals surface area contributed by atoms with E-state index in [4.69, 9.17) is 8.92 Å². The molecule has 0 bridgehead atoms. The Kier molecular flexibility index (Phi) is 5.30. The Labute approximate surface area is 189 Å². The zero-order chi connectivity index (χ0) is 23.0. The van der Waals surface area contributed by atoms with Crippen LogP contribution >= 0.6 is 0 Å². The van der Waals surface area contributed by atoms with Crippen molar-refractivity contribution in [3.63, 3.8) is 0 Å². The Morgan fingerprint density at radius 3 is 2.27 bits per heavy atom. The van der Waals surface area contributed by atoms with Crippen LogP contribution in [0, 0.1) is 11.6 Å². The van der Waals surface area contributed by atoms with E-state index >= 15 is 0 Å². The number of hydrogen-bond donors (Lipinski definition) is 0. The minimum Gasteiger partial charge on any atom is -0.475 e. The van der Waals surface area contributed by atoms with Gasteiger partial charge in [-0.2, -0.15) is 8.42 Å². The van der Waals surface area contributed by atoms with E-state index in [0.717, 1.165) is 22.9 Å².